The molecule has 8 nitrogen and oxygen atoms in total. The molecule has 4 N–H and O–H groups in total. The predicted octanol–water partition coefficient (Wildman–Crippen LogP) is 3.05. The number of nitrogens with zero attached hydrogens (tertiary/aromatic N) is 3. The number of ketones is 1. The number of Topliss-reactive ketones (excluding diaryl/α,β-unsaturated/α-hetero) is 1. The molecule has 160 valence electrons. The van der Waals surface area contributed by atoms with Gasteiger partial charge in [-0.2, -0.15) is 10.4 Å². The molecule has 8 heteroatoms. The fraction of sp³-hybridized carbons (Fsp3) is 0.167. The fourth-order valence-electron chi connectivity index (χ4n) is 3.76. The van der Waals surface area contributed by atoms with Crippen molar-refractivity contribution in [3.05, 3.63) is 77.1 Å². The van der Waals surface area contributed by atoms with Gasteiger partial charge in [-0.1, -0.05) is 36.4 Å². The van der Waals surface area contributed by atoms with Gasteiger partial charge in [-0.3, -0.25) is 9.59 Å². The van der Waals surface area contributed by atoms with Crippen molar-refractivity contribution in [1.29, 1.82) is 5.26 Å². The van der Waals surface area contributed by atoms with Crippen molar-refractivity contribution in [2.75, 3.05) is 12.3 Å². The summed E-state index contributed by atoms with van der Waals surface area (Å²) < 4.78 is 1.54. The van der Waals surface area contributed by atoms with Crippen LogP contribution in [0.5, 0.6) is 0 Å². The van der Waals surface area contributed by atoms with Gasteiger partial charge in [-0.05, 0) is 38.0 Å². The third-order valence-corrected chi connectivity index (χ3v) is 5.31. The van der Waals surface area contributed by atoms with Crippen LogP contribution in [0.1, 0.15) is 33.7 Å². The third kappa shape index (κ3) is 3.84. The highest BCUT2D eigenvalue weighted by Crippen LogP contribution is 2.23. The second-order valence-electron chi connectivity index (χ2n) is 7.43. The van der Waals surface area contributed by atoms with Crippen LogP contribution in [0.3, 0.4) is 0 Å². The molecular formula is C24H22N6O2. The fourth-order valence-corrected chi connectivity index (χ4v) is 3.76. The Labute approximate surface area is 184 Å². The summed E-state index contributed by atoms with van der Waals surface area (Å²) >= 11 is 0. The molecule has 0 atom stereocenters. The first-order valence-electron chi connectivity index (χ1n) is 10.2. The number of nitrogens with two attached hydrogens (primary N) is 1. The summed E-state index contributed by atoms with van der Waals surface area (Å²) in [6.45, 7) is 2.05. The van der Waals surface area contributed by atoms with Crippen molar-refractivity contribution >= 4 is 28.4 Å². The molecular weight excluding hydrogens is 404 g/mol. The van der Waals surface area contributed by atoms with Crippen molar-refractivity contribution in [2.45, 2.75) is 19.8 Å². The molecule has 32 heavy (non-hydrogen) atoms. The van der Waals surface area contributed by atoms with E-state index < -0.39 is 11.7 Å². The van der Waals surface area contributed by atoms with Crippen LogP contribution in [0.2, 0.25) is 0 Å². The van der Waals surface area contributed by atoms with Crippen LogP contribution < -0.4 is 11.1 Å². The molecule has 4 rings (SSSR count). The minimum absolute atomic E-state index is 0.273. The number of para-hydroxylation sites is 2. The lowest BCUT2D eigenvalue weighted by atomic mass is 10.1. The minimum Gasteiger partial charge on any atom is -0.382 e. The molecule has 2 aromatic heterocycles. The number of H-pyrrole nitrogens is 1. The quantitative estimate of drug-likeness (QED) is 0.238. The van der Waals surface area contributed by atoms with E-state index in [0.717, 1.165) is 16.6 Å². The first-order valence-corrected chi connectivity index (χ1v) is 10.2. The van der Waals surface area contributed by atoms with Gasteiger partial charge in [0.15, 0.2) is 0 Å². The highest BCUT2D eigenvalue weighted by atomic mass is 16.2. The van der Waals surface area contributed by atoms with Crippen molar-refractivity contribution in [2.24, 2.45) is 0 Å². The van der Waals surface area contributed by atoms with Crippen LogP contribution in [-0.4, -0.2) is 33.0 Å². The van der Waals surface area contributed by atoms with E-state index in [0.29, 0.717) is 35.4 Å². The number of aryl methyl sites for hydroxylation is 2. The molecule has 0 saturated heterocycles. The Morgan fingerprint density at radius 1 is 1.16 bits per heavy atom. The first-order chi connectivity index (χ1) is 15.5. The highest BCUT2D eigenvalue weighted by Gasteiger charge is 2.22. The van der Waals surface area contributed by atoms with Crippen LogP contribution in [-0.2, 0) is 11.2 Å². The van der Waals surface area contributed by atoms with Crippen LogP contribution in [0, 0.1) is 18.3 Å². The molecule has 0 aliphatic heterocycles. The summed E-state index contributed by atoms with van der Waals surface area (Å²) in [5, 5.41) is 17.4. The lowest BCUT2D eigenvalue weighted by Gasteiger charge is -2.04. The summed E-state index contributed by atoms with van der Waals surface area (Å²) in [7, 11) is 0. The van der Waals surface area contributed by atoms with Gasteiger partial charge >= 0.3 is 0 Å². The molecule has 0 aliphatic rings. The van der Waals surface area contributed by atoms with Gasteiger partial charge in [-0.25, -0.2) is 4.68 Å². The maximum absolute atomic E-state index is 12.7. The van der Waals surface area contributed by atoms with Gasteiger partial charge in [0.25, 0.3) is 11.7 Å². The van der Waals surface area contributed by atoms with E-state index in [1.54, 1.807) is 6.92 Å². The van der Waals surface area contributed by atoms with E-state index in [4.69, 9.17) is 5.73 Å². The predicted molar refractivity (Wildman–Crippen MR) is 121 cm³/mol. The number of amides is 1. The Morgan fingerprint density at radius 3 is 2.62 bits per heavy atom. The van der Waals surface area contributed by atoms with Gasteiger partial charge in [0.2, 0.25) is 0 Å². The van der Waals surface area contributed by atoms with Crippen LogP contribution >= 0.6 is 0 Å². The second-order valence-corrected chi connectivity index (χ2v) is 7.43. The average molecular weight is 426 g/mol. The van der Waals surface area contributed by atoms with E-state index in [1.807, 2.05) is 54.6 Å². The molecule has 2 heterocycles. The second kappa shape index (κ2) is 8.78. The van der Waals surface area contributed by atoms with Gasteiger partial charge in [0.1, 0.15) is 17.5 Å². The summed E-state index contributed by atoms with van der Waals surface area (Å²) in [5.74, 6) is -0.953. The maximum atomic E-state index is 12.7. The molecule has 1 amide bonds. The van der Waals surface area contributed by atoms with Crippen molar-refractivity contribution < 1.29 is 9.59 Å². The first kappa shape index (κ1) is 20.9. The zero-order chi connectivity index (χ0) is 22.7. The lowest BCUT2D eigenvalue weighted by molar-refractivity contribution is -0.117. The largest absolute Gasteiger partial charge is 0.382 e. The number of carbonyl (C=O) groups excluding carboxylic acids is 2. The number of carbonyl (C=O) groups is 2. The van der Waals surface area contributed by atoms with Gasteiger partial charge in [0, 0.05) is 23.1 Å². The molecule has 0 spiro atoms. The molecule has 2 aromatic carbocycles. The zero-order valence-electron chi connectivity index (χ0n) is 17.6. The number of rotatable bonds is 7. The van der Waals surface area contributed by atoms with E-state index >= 15 is 0 Å². The molecule has 4 aromatic rings. The summed E-state index contributed by atoms with van der Waals surface area (Å²) in [5.41, 5.74) is 9.62. The number of hydrogen-bond donors (Lipinski definition) is 3. The molecule has 0 unspecified atom stereocenters. The Morgan fingerprint density at radius 2 is 1.88 bits per heavy atom. The molecule has 0 aliphatic carbocycles. The van der Waals surface area contributed by atoms with Crippen molar-refractivity contribution in [1.82, 2.24) is 20.1 Å². The topological polar surface area (TPSA) is 130 Å². The molecule has 0 bridgehead atoms. The Balaban J connectivity index is 1.40. The van der Waals surface area contributed by atoms with Gasteiger partial charge in [-0.15, -0.1) is 0 Å². The summed E-state index contributed by atoms with van der Waals surface area (Å²) in [6, 6.07) is 18.8. The monoisotopic (exact) mass is 426 g/mol. The van der Waals surface area contributed by atoms with E-state index in [9.17, 15) is 14.9 Å². The number of anilines is 1. The average Bonchev–Trinajstić information content (AvgIpc) is 3.31. The molecule has 0 radical (unpaired) electrons. The third-order valence-electron chi connectivity index (χ3n) is 5.31. The number of hydrogen-bond acceptors (Lipinski definition) is 5. The standard InChI is InChI=1S/C24H22N6O2/c1-15-21(17-10-5-6-11-19(17)28-15)22(31)24(32)27-13-7-12-20-18(14-25)23(26)30(29-20)16-8-3-2-4-9-16/h2-6,8-11,28H,7,12-13,26H2,1H3,(H,27,32). The lowest BCUT2D eigenvalue weighted by Crippen LogP contribution is -2.32. The van der Waals surface area contributed by atoms with Gasteiger partial charge in [0.05, 0.1) is 16.9 Å². The summed E-state index contributed by atoms with van der Waals surface area (Å²) in [6.07, 6.45) is 0.944. The minimum atomic E-state index is -0.660. The number of fused-ring (bicyclic) bond motifs is 1. The van der Waals surface area contributed by atoms with E-state index in [1.165, 1.54) is 4.68 Å². The van der Waals surface area contributed by atoms with E-state index in [-0.39, 0.29) is 12.4 Å². The van der Waals surface area contributed by atoms with Crippen LogP contribution in [0.25, 0.3) is 16.6 Å². The maximum Gasteiger partial charge on any atom is 0.292 e. The highest BCUT2D eigenvalue weighted by molar-refractivity contribution is 6.45. The van der Waals surface area contributed by atoms with Crippen molar-refractivity contribution in [3.63, 3.8) is 0 Å². The normalized spacial score (nSPS) is 10.8. The number of nitrogen functional groups attached to an aromatic ring is 1. The number of aromatic amines is 1. The Hall–Kier alpha value is -4.38. The Kier molecular flexibility index (Phi) is 5.73. The molecule has 0 fully saturated rings. The zero-order valence-corrected chi connectivity index (χ0v) is 17.6. The van der Waals surface area contributed by atoms with Crippen molar-refractivity contribution in [3.8, 4) is 11.8 Å². The number of aromatic nitrogens is 3. The number of nitriles is 1. The number of benzene rings is 2. The summed E-state index contributed by atoms with van der Waals surface area (Å²) in [4.78, 5) is 28.3. The molecule has 0 saturated carbocycles. The SMILES string of the molecule is Cc1[nH]c2ccccc2c1C(=O)C(=O)NCCCc1nn(-c2ccccc2)c(N)c1C#N. The van der Waals surface area contributed by atoms with E-state index in [2.05, 4.69) is 21.5 Å². The number of nitrogens with one attached hydrogen (secondary N) is 2. The Bertz CT molecular complexity index is 1340. The van der Waals surface area contributed by atoms with Gasteiger partial charge < -0.3 is 16.0 Å². The van der Waals surface area contributed by atoms with Crippen LogP contribution in [0.15, 0.2) is 54.6 Å². The van der Waals surface area contributed by atoms with Crippen LogP contribution in [0.4, 0.5) is 5.82 Å². The smallest absolute Gasteiger partial charge is 0.292 e.